The molecule has 2 nitrogen and oxygen atoms in total. The molecule has 3 saturated carbocycles. The Hall–Kier alpha value is -1.18. The monoisotopic (exact) mass is 312 g/mol. The fraction of sp³-hybridized carbons (Fsp3) is 0.714. The molecule has 0 N–H and O–H groups in total. The molecule has 0 aromatic carbocycles. The van der Waals surface area contributed by atoms with Crippen molar-refractivity contribution in [3.8, 4) is 0 Å². The van der Waals surface area contributed by atoms with E-state index in [9.17, 15) is 9.59 Å². The Kier molecular flexibility index (Phi) is 3.28. The second-order valence-corrected chi connectivity index (χ2v) is 8.86. The molecule has 4 aliphatic rings. The molecule has 0 amide bonds. The number of rotatable bonds is 1. The summed E-state index contributed by atoms with van der Waals surface area (Å²) in [4.78, 5) is 24.5. The van der Waals surface area contributed by atoms with Crippen LogP contribution in [0.3, 0.4) is 0 Å². The van der Waals surface area contributed by atoms with Crippen LogP contribution < -0.4 is 0 Å². The summed E-state index contributed by atoms with van der Waals surface area (Å²) >= 11 is 0. The molecule has 6 atom stereocenters. The Labute approximate surface area is 139 Å². The van der Waals surface area contributed by atoms with Crippen LogP contribution in [0.25, 0.3) is 0 Å². The molecule has 0 aliphatic heterocycles. The van der Waals surface area contributed by atoms with Crippen LogP contribution in [0.2, 0.25) is 0 Å². The molecule has 3 unspecified atom stereocenters. The predicted molar refractivity (Wildman–Crippen MR) is 90.8 cm³/mol. The first-order valence-electron chi connectivity index (χ1n) is 9.31. The Morgan fingerprint density at radius 3 is 2.57 bits per heavy atom. The largest absolute Gasteiger partial charge is 0.299 e. The van der Waals surface area contributed by atoms with E-state index in [1.165, 1.54) is 5.57 Å². The highest BCUT2D eigenvalue weighted by atomic mass is 16.1. The van der Waals surface area contributed by atoms with Gasteiger partial charge in [0.15, 0.2) is 5.78 Å². The molecule has 0 heterocycles. The Bertz CT molecular complexity index is 615. The summed E-state index contributed by atoms with van der Waals surface area (Å²) in [5.74, 6) is 2.93. The number of carbonyl (C=O) groups excluding carboxylic acids is 2. The average Bonchev–Trinajstić information content (AvgIpc) is 2.83. The lowest BCUT2D eigenvalue weighted by Crippen LogP contribution is -2.52. The van der Waals surface area contributed by atoms with Crippen LogP contribution in [0.1, 0.15) is 58.8 Å². The van der Waals surface area contributed by atoms with Crippen LogP contribution in [0.5, 0.6) is 0 Å². The van der Waals surface area contributed by atoms with Crippen molar-refractivity contribution in [2.75, 3.05) is 0 Å². The maximum Gasteiger partial charge on any atom is 0.155 e. The molecule has 2 heteroatoms. The number of hydrogen-bond donors (Lipinski definition) is 0. The van der Waals surface area contributed by atoms with Gasteiger partial charge in [-0.15, -0.1) is 6.58 Å². The van der Waals surface area contributed by atoms with Crippen LogP contribution >= 0.6 is 0 Å². The molecule has 0 bridgehead atoms. The molecule has 3 fully saturated rings. The molecule has 23 heavy (non-hydrogen) atoms. The molecule has 0 saturated heterocycles. The predicted octanol–water partition coefficient (Wildman–Crippen LogP) is 4.50. The summed E-state index contributed by atoms with van der Waals surface area (Å²) < 4.78 is 0. The lowest BCUT2D eigenvalue weighted by molar-refractivity contribution is -0.133. The van der Waals surface area contributed by atoms with Gasteiger partial charge in [0.1, 0.15) is 5.78 Å². The number of Topliss-reactive ketones (excluding diaryl/α,β-unsaturated/α-hetero) is 1. The van der Waals surface area contributed by atoms with E-state index in [2.05, 4.69) is 26.5 Å². The molecular weight excluding hydrogens is 284 g/mol. The molecule has 4 aliphatic carbocycles. The molecule has 0 spiro atoms. The Balaban J connectivity index is 1.77. The van der Waals surface area contributed by atoms with E-state index in [4.69, 9.17) is 0 Å². The van der Waals surface area contributed by atoms with Crippen LogP contribution in [0, 0.1) is 34.5 Å². The van der Waals surface area contributed by atoms with Crippen molar-refractivity contribution in [3.05, 3.63) is 24.3 Å². The van der Waals surface area contributed by atoms with Crippen molar-refractivity contribution < 1.29 is 9.59 Å². The van der Waals surface area contributed by atoms with Crippen LogP contribution in [-0.4, -0.2) is 11.6 Å². The van der Waals surface area contributed by atoms with Crippen LogP contribution in [-0.2, 0) is 9.59 Å². The summed E-state index contributed by atoms with van der Waals surface area (Å²) in [6.07, 6.45) is 10.8. The van der Waals surface area contributed by atoms with E-state index in [1.54, 1.807) is 0 Å². The van der Waals surface area contributed by atoms with Crippen molar-refractivity contribution in [3.63, 3.8) is 0 Å². The zero-order valence-electron chi connectivity index (χ0n) is 14.4. The number of ketones is 2. The Morgan fingerprint density at radius 1 is 1.09 bits per heavy atom. The summed E-state index contributed by atoms with van der Waals surface area (Å²) in [7, 11) is 0. The van der Waals surface area contributed by atoms with Gasteiger partial charge in [0.25, 0.3) is 0 Å². The maximum absolute atomic E-state index is 12.5. The average molecular weight is 312 g/mol. The fourth-order valence-corrected chi connectivity index (χ4v) is 6.69. The van der Waals surface area contributed by atoms with Crippen LogP contribution in [0.4, 0.5) is 0 Å². The van der Waals surface area contributed by atoms with Gasteiger partial charge < -0.3 is 0 Å². The minimum absolute atomic E-state index is 0.0745. The van der Waals surface area contributed by atoms with E-state index >= 15 is 0 Å². The minimum atomic E-state index is -0.0745. The molecule has 0 aromatic heterocycles. The summed E-state index contributed by atoms with van der Waals surface area (Å²) in [6.45, 7) is 8.68. The van der Waals surface area contributed by atoms with Crippen molar-refractivity contribution in [1.82, 2.24) is 0 Å². The van der Waals surface area contributed by atoms with Gasteiger partial charge >= 0.3 is 0 Å². The van der Waals surface area contributed by atoms with Gasteiger partial charge in [-0.2, -0.15) is 0 Å². The summed E-state index contributed by atoms with van der Waals surface area (Å²) in [6, 6.07) is 0. The summed E-state index contributed by atoms with van der Waals surface area (Å²) in [5.41, 5.74) is 1.41. The SMILES string of the molecule is C=C[C@@H]1CC2C(CC[C@]3(C)C(=O)CCC23)[C@@]2(C)CCC(=O)C=C12. The third-order valence-corrected chi connectivity index (χ3v) is 8.04. The zero-order chi connectivity index (χ0) is 16.4. The van der Waals surface area contributed by atoms with E-state index in [0.29, 0.717) is 41.7 Å². The normalized spacial score (nSPS) is 49.0. The van der Waals surface area contributed by atoms with Gasteiger partial charge in [0.05, 0.1) is 0 Å². The van der Waals surface area contributed by atoms with Gasteiger partial charge in [-0.3, -0.25) is 9.59 Å². The smallest absolute Gasteiger partial charge is 0.155 e. The first-order chi connectivity index (χ1) is 10.9. The van der Waals surface area contributed by atoms with Gasteiger partial charge in [0.2, 0.25) is 0 Å². The number of carbonyl (C=O) groups is 2. The molecule has 0 radical (unpaired) electrons. The number of allylic oxidation sites excluding steroid dienone is 2. The van der Waals surface area contributed by atoms with Gasteiger partial charge in [-0.1, -0.05) is 25.5 Å². The maximum atomic E-state index is 12.5. The van der Waals surface area contributed by atoms with Gasteiger partial charge in [-0.25, -0.2) is 0 Å². The van der Waals surface area contributed by atoms with E-state index in [-0.39, 0.29) is 10.8 Å². The van der Waals surface area contributed by atoms with E-state index < -0.39 is 0 Å². The number of fused-ring (bicyclic) bond motifs is 5. The highest BCUT2D eigenvalue weighted by Gasteiger charge is 2.60. The quantitative estimate of drug-likeness (QED) is 0.668. The zero-order valence-corrected chi connectivity index (χ0v) is 14.4. The third-order valence-electron chi connectivity index (χ3n) is 8.04. The van der Waals surface area contributed by atoms with Crippen molar-refractivity contribution in [2.24, 2.45) is 34.5 Å². The van der Waals surface area contributed by atoms with E-state index in [0.717, 1.165) is 38.5 Å². The fourth-order valence-electron chi connectivity index (χ4n) is 6.69. The van der Waals surface area contributed by atoms with Gasteiger partial charge in [-0.05, 0) is 67.3 Å². The lowest BCUT2D eigenvalue weighted by Gasteiger charge is -2.58. The summed E-state index contributed by atoms with van der Waals surface area (Å²) in [5, 5.41) is 0. The minimum Gasteiger partial charge on any atom is -0.299 e. The highest BCUT2D eigenvalue weighted by Crippen LogP contribution is 2.65. The first kappa shape index (κ1) is 15.4. The van der Waals surface area contributed by atoms with Crippen molar-refractivity contribution in [1.29, 1.82) is 0 Å². The second-order valence-electron chi connectivity index (χ2n) is 8.86. The van der Waals surface area contributed by atoms with Crippen LogP contribution in [0.15, 0.2) is 24.3 Å². The molecular formula is C21H28O2. The molecule has 124 valence electrons. The van der Waals surface area contributed by atoms with Crippen molar-refractivity contribution in [2.45, 2.75) is 58.8 Å². The second kappa shape index (κ2) is 4.91. The standard InChI is InChI=1S/C21H28O2/c1-4-13-11-15-16-5-6-19(23)21(16,3)10-8-17(15)20(2)9-7-14(22)12-18(13)20/h4,12-13,15-17H,1,5-11H2,2-3H3/t13-,15?,16?,17?,20-,21+/m1/s1. The Morgan fingerprint density at radius 2 is 1.83 bits per heavy atom. The molecule has 0 aromatic rings. The van der Waals surface area contributed by atoms with Crippen molar-refractivity contribution >= 4 is 11.6 Å². The highest BCUT2D eigenvalue weighted by molar-refractivity contribution is 5.92. The van der Waals surface area contributed by atoms with Gasteiger partial charge in [0, 0.05) is 18.3 Å². The number of hydrogen-bond acceptors (Lipinski definition) is 2. The third kappa shape index (κ3) is 1.93. The molecule has 4 rings (SSSR count). The lowest BCUT2D eigenvalue weighted by atomic mass is 9.45. The topological polar surface area (TPSA) is 34.1 Å². The first-order valence-corrected chi connectivity index (χ1v) is 9.31. The van der Waals surface area contributed by atoms with E-state index in [1.807, 2.05) is 6.08 Å².